The monoisotopic (exact) mass is 468 g/mol. The summed E-state index contributed by atoms with van der Waals surface area (Å²) >= 11 is 0. The number of ether oxygens (including phenoxy) is 2. The van der Waals surface area contributed by atoms with Gasteiger partial charge < -0.3 is 25.2 Å². The standard InChI is InChI=1S/C26H32N2O6/c1-16(2)13-22(23(29)30)27-24(31)26(3,15-33-4)28-25(32)34-14-21-19-11-7-5-9-17(19)18-10-6-8-12-20(18)21/h5-12,16,21-22H,13-15H2,1-4H3,(H,27,31)(H,28,32)(H,29,30). The van der Waals surface area contributed by atoms with Crippen LogP contribution in [0.5, 0.6) is 0 Å². The predicted octanol–water partition coefficient (Wildman–Crippen LogP) is 3.55. The molecule has 8 nitrogen and oxygen atoms in total. The lowest BCUT2D eigenvalue weighted by molar-refractivity contribution is -0.143. The van der Waals surface area contributed by atoms with Gasteiger partial charge in [-0.3, -0.25) is 4.79 Å². The van der Waals surface area contributed by atoms with Crippen LogP contribution in [0.3, 0.4) is 0 Å². The fourth-order valence-corrected chi connectivity index (χ4v) is 4.32. The van der Waals surface area contributed by atoms with Crippen molar-refractivity contribution in [1.29, 1.82) is 0 Å². The number of aliphatic carboxylic acids is 1. The van der Waals surface area contributed by atoms with Gasteiger partial charge in [0.15, 0.2) is 0 Å². The van der Waals surface area contributed by atoms with Crippen LogP contribution in [0.4, 0.5) is 4.79 Å². The zero-order valence-electron chi connectivity index (χ0n) is 20.0. The molecule has 2 atom stereocenters. The second kappa shape index (κ2) is 10.7. The zero-order chi connectivity index (χ0) is 24.9. The maximum absolute atomic E-state index is 12.9. The summed E-state index contributed by atoms with van der Waals surface area (Å²) in [5, 5.41) is 14.5. The SMILES string of the molecule is COCC(C)(NC(=O)OCC1c2ccccc2-c2ccccc21)C(=O)NC(CC(C)C)C(=O)O. The van der Waals surface area contributed by atoms with Crippen LogP contribution >= 0.6 is 0 Å². The fourth-order valence-electron chi connectivity index (χ4n) is 4.32. The van der Waals surface area contributed by atoms with Gasteiger partial charge in [-0.2, -0.15) is 0 Å². The third kappa shape index (κ3) is 5.56. The molecule has 0 heterocycles. The van der Waals surface area contributed by atoms with E-state index in [1.165, 1.54) is 14.0 Å². The molecule has 182 valence electrons. The molecule has 2 amide bonds. The molecule has 1 aliphatic rings. The summed E-state index contributed by atoms with van der Waals surface area (Å²) < 4.78 is 10.7. The van der Waals surface area contributed by atoms with Crippen molar-refractivity contribution in [2.45, 2.75) is 44.7 Å². The van der Waals surface area contributed by atoms with E-state index < -0.39 is 29.6 Å². The highest BCUT2D eigenvalue weighted by molar-refractivity contribution is 5.92. The maximum Gasteiger partial charge on any atom is 0.408 e. The average molecular weight is 469 g/mol. The van der Waals surface area contributed by atoms with Crippen LogP contribution < -0.4 is 10.6 Å². The molecule has 0 radical (unpaired) electrons. The van der Waals surface area contributed by atoms with Crippen molar-refractivity contribution in [3.8, 4) is 11.1 Å². The van der Waals surface area contributed by atoms with E-state index in [0.717, 1.165) is 22.3 Å². The van der Waals surface area contributed by atoms with Gasteiger partial charge in [0.05, 0.1) is 6.61 Å². The molecule has 8 heteroatoms. The minimum Gasteiger partial charge on any atom is -0.480 e. The van der Waals surface area contributed by atoms with Crippen molar-refractivity contribution >= 4 is 18.0 Å². The number of methoxy groups -OCH3 is 1. The van der Waals surface area contributed by atoms with E-state index in [4.69, 9.17) is 9.47 Å². The molecule has 2 aromatic carbocycles. The van der Waals surface area contributed by atoms with Gasteiger partial charge in [-0.05, 0) is 41.5 Å². The first-order valence-electron chi connectivity index (χ1n) is 11.3. The normalized spacial score (nSPS) is 15.1. The molecule has 2 aromatic rings. The lowest BCUT2D eigenvalue weighted by Crippen LogP contribution is -2.62. The second-order valence-electron chi connectivity index (χ2n) is 9.21. The average Bonchev–Trinajstić information content (AvgIpc) is 3.10. The number of rotatable bonds is 10. The Balaban J connectivity index is 1.69. The van der Waals surface area contributed by atoms with Gasteiger partial charge in [0.25, 0.3) is 0 Å². The summed E-state index contributed by atoms with van der Waals surface area (Å²) in [6, 6.07) is 14.9. The van der Waals surface area contributed by atoms with Crippen LogP contribution in [0.2, 0.25) is 0 Å². The van der Waals surface area contributed by atoms with Gasteiger partial charge in [-0.15, -0.1) is 0 Å². The van der Waals surface area contributed by atoms with Gasteiger partial charge in [-0.1, -0.05) is 62.4 Å². The van der Waals surface area contributed by atoms with E-state index in [0.29, 0.717) is 0 Å². The molecule has 1 aliphatic carbocycles. The van der Waals surface area contributed by atoms with E-state index in [9.17, 15) is 19.5 Å². The summed E-state index contributed by atoms with van der Waals surface area (Å²) in [5.41, 5.74) is 2.86. The van der Waals surface area contributed by atoms with Crippen molar-refractivity contribution < 1.29 is 29.0 Å². The van der Waals surface area contributed by atoms with E-state index in [1.807, 2.05) is 62.4 Å². The third-order valence-corrected chi connectivity index (χ3v) is 5.97. The highest BCUT2D eigenvalue weighted by atomic mass is 16.5. The van der Waals surface area contributed by atoms with Crippen LogP contribution in [0.15, 0.2) is 48.5 Å². The fraction of sp³-hybridized carbons (Fsp3) is 0.423. The van der Waals surface area contributed by atoms with E-state index >= 15 is 0 Å². The Morgan fingerprint density at radius 2 is 1.59 bits per heavy atom. The second-order valence-corrected chi connectivity index (χ2v) is 9.21. The number of hydrogen-bond acceptors (Lipinski definition) is 5. The summed E-state index contributed by atoms with van der Waals surface area (Å²) in [4.78, 5) is 37.3. The van der Waals surface area contributed by atoms with Gasteiger partial charge in [0.2, 0.25) is 5.91 Å². The Morgan fingerprint density at radius 3 is 2.09 bits per heavy atom. The largest absolute Gasteiger partial charge is 0.480 e. The Labute approximate surface area is 199 Å². The first kappa shape index (κ1) is 25.2. The quantitative estimate of drug-likeness (QED) is 0.491. The molecular weight excluding hydrogens is 436 g/mol. The predicted molar refractivity (Wildman–Crippen MR) is 128 cm³/mol. The number of amides is 2. The number of carbonyl (C=O) groups excluding carboxylic acids is 2. The first-order chi connectivity index (χ1) is 16.2. The van der Waals surface area contributed by atoms with Crippen LogP contribution in [0.1, 0.15) is 44.2 Å². The van der Waals surface area contributed by atoms with Crippen molar-refractivity contribution in [3.05, 3.63) is 59.7 Å². The molecule has 0 aliphatic heterocycles. The Morgan fingerprint density at radius 1 is 1.03 bits per heavy atom. The Bertz CT molecular complexity index is 1010. The number of carbonyl (C=O) groups is 3. The third-order valence-electron chi connectivity index (χ3n) is 5.97. The molecule has 3 N–H and O–H groups in total. The molecular formula is C26H32N2O6. The molecule has 2 unspecified atom stereocenters. The molecule has 0 fully saturated rings. The number of fused-ring (bicyclic) bond motifs is 3. The van der Waals surface area contributed by atoms with Crippen LogP contribution in [0.25, 0.3) is 11.1 Å². The van der Waals surface area contributed by atoms with Gasteiger partial charge in [0, 0.05) is 13.0 Å². The summed E-state index contributed by atoms with van der Waals surface area (Å²) in [6.07, 6.45) is -0.526. The Hall–Kier alpha value is -3.39. The highest BCUT2D eigenvalue weighted by Crippen LogP contribution is 2.44. The summed E-state index contributed by atoms with van der Waals surface area (Å²) in [7, 11) is 1.40. The number of benzene rings is 2. The number of alkyl carbamates (subject to hydrolysis) is 1. The van der Waals surface area contributed by atoms with Crippen molar-refractivity contribution in [3.63, 3.8) is 0 Å². The topological polar surface area (TPSA) is 114 Å². The number of carboxylic acid groups (broad SMARTS) is 1. The number of hydrogen-bond donors (Lipinski definition) is 3. The van der Waals surface area contributed by atoms with Gasteiger partial charge in [-0.25, -0.2) is 9.59 Å². The Kier molecular flexibility index (Phi) is 7.94. The van der Waals surface area contributed by atoms with Crippen molar-refractivity contribution in [2.75, 3.05) is 20.3 Å². The van der Waals surface area contributed by atoms with E-state index in [1.54, 1.807) is 0 Å². The van der Waals surface area contributed by atoms with Crippen molar-refractivity contribution in [2.24, 2.45) is 5.92 Å². The molecule has 0 spiro atoms. The highest BCUT2D eigenvalue weighted by Gasteiger charge is 2.38. The van der Waals surface area contributed by atoms with Crippen LogP contribution in [-0.2, 0) is 19.1 Å². The molecule has 0 saturated heterocycles. The minimum atomic E-state index is -1.51. The van der Waals surface area contributed by atoms with Crippen LogP contribution in [-0.4, -0.2) is 55.0 Å². The maximum atomic E-state index is 12.9. The number of carboxylic acids is 1. The van der Waals surface area contributed by atoms with Crippen molar-refractivity contribution in [1.82, 2.24) is 10.6 Å². The van der Waals surface area contributed by atoms with E-state index in [-0.39, 0.29) is 31.5 Å². The smallest absolute Gasteiger partial charge is 0.408 e. The lowest BCUT2D eigenvalue weighted by atomic mass is 9.98. The lowest BCUT2D eigenvalue weighted by Gasteiger charge is -2.30. The molecule has 0 bridgehead atoms. The summed E-state index contributed by atoms with van der Waals surface area (Å²) in [5.74, 6) is -1.85. The van der Waals surface area contributed by atoms with Gasteiger partial charge >= 0.3 is 12.1 Å². The first-order valence-corrected chi connectivity index (χ1v) is 11.3. The summed E-state index contributed by atoms with van der Waals surface area (Å²) in [6.45, 7) is 5.14. The van der Waals surface area contributed by atoms with E-state index in [2.05, 4.69) is 10.6 Å². The molecule has 0 saturated carbocycles. The molecule has 34 heavy (non-hydrogen) atoms. The zero-order valence-corrected chi connectivity index (χ0v) is 20.0. The number of nitrogens with one attached hydrogen (secondary N) is 2. The molecule has 3 rings (SSSR count). The van der Waals surface area contributed by atoms with Crippen LogP contribution in [0, 0.1) is 5.92 Å². The minimum absolute atomic E-state index is 0.0603. The molecule has 0 aromatic heterocycles. The van der Waals surface area contributed by atoms with Gasteiger partial charge in [0.1, 0.15) is 18.2 Å².